The number of rotatable bonds is 3. The number of carbonyl (C=O) groups is 1. The van der Waals surface area contributed by atoms with Gasteiger partial charge in [-0.1, -0.05) is 6.07 Å². The number of benzene rings is 2. The van der Waals surface area contributed by atoms with E-state index in [0.29, 0.717) is 17.0 Å². The van der Waals surface area contributed by atoms with Gasteiger partial charge >= 0.3 is 0 Å². The molecule has 0 aliphatic rings. The lowest BCUT2D eigenvalue weighted by atomic mass is 10.0. The Morgan fingerprint density at radius 1 is 1.32 bits per heavy atom. The van der Waals surface area contributed by atoms with Gasteiger partial charge in [0.2, 0.25) is 0 Å². The molecule has 0 saturated heterocycles. The summed E-state index contributed by atoms with van der Waals surface area (Å²) in [6.07, 6.45) is 0. The van der Waals surface area contributed by atoms with Crippen molar-refractivity contribution in [3.63, 3.8) is 0 Å². The molecular weight excluding hydrogens is 313 g/mol. The Labute approximate surface area is 118 Å². The number of nitrogens with two attached hydrogens (primary N) is 1. The molecule has 0 atom stereocenters. The minimum atomic E-state index is -0.426. The second-order valence-electron chi connectivity index (χ2n) is 3.88. The van der Waals surface area contributed by atoms with Crippen molar-refractivity contribution < 1.29 is 13.9 Å². The molecule has 0 aromatic heterocycles. The molecule has 0 radical (unpaired) electrons. The molecule has 19 heavy (non-hydrogen) atoms. The molecule has 0 saturated carbocycles. The molecule has 0 amide bonds. The van der Waals surface area contributed by atoms with Gasteiger partial charge in [0, 0.05) is 11.3 Å². The number of anilines is 1. The lowest BCUT2D eigenvalue weighted by Gasteiger charge is -2.10. The van der Waals surface area contributed by atoms with Gasteiger partial charge in [-0.05, 0) is 46.3 Å². The van der Waals surface area contributed by atoms with Gasteiger partial charge in [0.25, 0.3) is 0 Å². The Morgan fingerprint density at radius 3 is 2.68 bits per heavy atom. The Hall–Kier alpha value is -1.88. The van der Waals surface area contributed by atoms with Crippen LogP contribution in [0.5, 0.6) is 5.75 Å². The average Bonchev–Trinajstić information content (AvgIpc) is 2.40. The van der Waals surface area contributed by atoms with Crippen LogP contribution in [0.1, 0.15) is 15.9 Å². The van der Waals surface area contributed by atoms with Gasteiger partial charge in [-0.2, -0.15) is 0 Å². The van der Waals surface area contributed by atoms with Gasteiger partial charge in [-0.15, -0.1) is 0 Å². The van der Waals surface area contributed by atoms with E-state index in [9.17, 15) is 9.18 Å². The van der Waals surface area contributed by atoms with Crippen LogP contribution in [-0.2, 0) is 0 Å². The van der Waals surface area contributed by atoms with E-state index in [1.54, 1.807) is 18.2 Å². The average molecular weight is 324 g/mol. The summed E-state index contributed by atoms with van der Waals surface area (Å²) in [7, 11) is 1.46. The van der Waals surface area contributed by atoms with Crippen LogP contribution in [0.15, 0.2) is 40.9 Å². The van der Waals surface area contributed by atoms with Crippen molar-refractivity contribution in [2.45, 2.75) is 0 Å². The summed E-state index contributed by atoms with van der Waals surface area (Å²) in [6, 6.07) is 9.03. The molecule has 3 nitrogen and oxygen atoms in total. The number of nitrogen functional groups attached to an aromatic ring is 1. The maximum Gasteiger partial charge on any atom is 0.198 e. The highest BCUT2D eigenvalue weighted by Crippen LogP contribution is 2.28. The van der Waals surface area contributed by atoms with E-state index in [1.807, 2.05) is 0 Å². The molecule has 2 aromatic carbocycles. The van der Waals surface area contributed by atoms with E-state index in [0.717, 1.165) is 0 Å². The molecule has 98 valence electrons. The molecule has 5 heteroatoms. The van der Waals surface area contributed by atoms with Crippen molar-refractivity contribution in [3.05, 3.63) is 57.8 Å². The number of methoxy groups -OCH3 is 1. The Kier molecular flexibility index (Phi) is 3.85. The van der Waals surface area contributed by atoms with E-state index in [-0.39, 0.29) is 15.8 Å². The first-order valence-electron chi connectivity index (χ1n) is 5.47. The van der Waals surface area contributed by atoms with Gasteiger partial charge in [0.05, 0.1) is 17.1 Å². The van der Waals surface area contributed by atoms with Gasteiger partial charge in [0.1, 0.15) is 11.6 Å². The molecule has 0 spiro atoms. The summed E-state index contributed by atoms with van der Waals surface area (Å²) in [5.74, 6) is -0.342. The predicted octanol–water partition coefficient (Wildman–Crippen LogP) is 3.41. The highest BCUT2D eigenvalue weighted by molar-refractivity contribution is 9.10. The van der Waals surface area contributed by atoms with Crippen molar-refractivity contribution >= 4 is 27.4 Å². The third-order valence-corrected chi connectivity index (χ3v) is 3.29. The minimum Gasteiger partial charge on any atom is -0.496 e. The molecule has 0 aliphatic heterocycles. The Balaban J connectivity index is 2.52. The third kappa shape index (κ3) is 2.61. The van der Waals surface area contributed by atoms with Crippen LogP contribution < -0.4 is 10.5 Å². The number of halogens is 2. The number of carbonyl (C=O) groups excluding carboxylic acids is 1. The number of hydrogen-bond donors (Lipinski definition) is 1. The summed E-state index contributed by atoms with van der Waals surface area (Å²) < 4.78 is 18.5. The summed E-state index contributed by atoms with van der Waals surface area (Å²) in [5.41, 5.74) is 6.76. The van der Waals surface area contributed by atoms with Crippen LogP contribution >= 0.6 is 15.9 Å². The van der Waals surface area contributed by atoms with Gasteiger partial charge in [-0.25, -0.2) is 4.39 Å². The zero-order valence-electron chi connectivity index (χ0n) is 10.1. The first kappa shape index (κ1) is 13.5. The standard InChI is InChI=1S/C14H11BrFNO2/c1-19-12-4-2-3-11(17)13(12)14(18)8-5-6-10(16)9(15)7-8/h2-7H,17H2,1H3. The summed E-state index contributed by atoms with van der Waals surface area (Å²) >= 11 is 3.05. The molecule has 0 fully saturated rings. The van der Waals surface area contributed by atoms with Crippen molar-refractivity contribution in [2.75, 3.05) is 12.8 Å². The van der Waals surface area contributed by atoms with Gasteiger partial charge < -0.3 is 10.5 Å². The molecule has 0 unspecified atom stereocenters. The normalized spacial score (nSPS) is 10.3. The fourth-order valence-electron chi connectivity index (χ4n) is 1.74. The molecule has 2 N–H and O–H groups in total. The van der Waals surface area contributed by atoms with Crippen LogP contribution in [0.4, 0.5) is 10.1 Å². The van der Waals surface area contributed by atoms with Crippen LogP contribution in [-0.4, -0.2) is 12.9 Å². The van der Waals surface area contributed by atoms with Crippen molar-refractivity contribution in [1.82, 2.24) is 0 Å². The van der Waals surface area contributed by atoms with Crippen molar-refractivity contribution in [3.8, 4) is 5.75 Å². The van der Waals surface area contributed by atoms with E-state index >= 15 is 0 Å². The van der Waals surface area contributed by atoms with Gasteiger partial charge in [0.15, 0.2) is 5.78 Å². The second kappa shape index (κ2) is 5.40. The van der Waals surface area contributed by atoms with E-state index in [2.05, 4.69) is 15.9 Å². The van der Waals surface area contributed by atoms with Crippen LogP contribution in [0.25, 0.3) is 0 Å². The van der Waals surface area contributed by atoms with Crippen LogP contribution in [0.2, 0.25) is 0 Å². The molecule has 2 aromatic rings. The van der Waals surface area contributed by atoms with E-state index in [4.69, 9.17) is 10.5 Å². The monoisotopic (exact) mass is 323 g/mol. The van der Waals surface area contributed by atoms with E-state index < -0.39 is 5.82 Å². The summed E-state index contributed by atoms with van der Waals surface area (Å²) in [6.45, 7) is 0. The lowest BCUT2D eigenvalue weighted by molar-refractivity contribution is 0.103. The van der Waals surface area contributed by atoms with Gasteiger partial charge in [-0.3, -0.25) is 4.79 Å². The molecule has 2 rings (SSSR count). The van der Waals surface area contributed by atoms with Crippen molar-refractivity contribution in [1.29, 1.82) is 0 Å². The largest absolute Gasteiger partial charge is 0.496 e. The molecule has 0 bridgehead atoms. The molecule has 0 aliphatic carbocycles. The van der Waals surface area contributed by atoms with E-state index in [1.165, 1.54) is 25.3 Å². The van der Waals surface area contributed by atoms with Crippen molar-refractivity contribution in [2.24, 2.45) is 0 Å². The second-order valence-corrected chi connectivity index (χ2v) is 4.74. The predicted molar refractivity (Wildman–Crippen MR) is 74.9 cm³/mol. The SMILES string of the molecule is COc1cccc(N)c1C(=O)c1ccc(F)c(Br)c1. The smallest absolute Gasteiger partial charge is 0.198 e. The van der Waals surface area contributed by atoms with Crippen LogP contribution in [0, 0.1) is 5.82 Å². The van der Waals surface area contributed by atoms with Crippen LogP contribution in [0.3, 0.4) is 0 Å². The lowest BCUT2D eigenvalue weighted by Crippen LogP contribution is -2.08. The Bertz CT molecular complexity index is 643. The first-order chi connectivity index (χ1) is 9.04. The quantitative estimate of drug-likeness (QED) is 0.695. The number of ketones is 1. The zero-order chi connectivity index (χ0) is 14.0. The highest BCUT2D eigenvalue weighted by Gasteiger charge is 2.18. The fraction of sp³-hybridized carbons (Fsp3) is 0.0714. The zero-order valence-corrected chi connectivity index (χ0v) is 11.7. The Morgan fingerprint density at radius 2 is 2.05 bits per heavy atom. The molecule has 0 heterocycles. The maximum atomic E-state index is 13.2. The maximum absolute atomic E-state index is 13.2. The molecular formula is C14H11BrFNO2. The topological polar surface area (TPSA) is 52.3 Å². The number of ether oxygens (including phenoxy) is 1. The fourth-order valence-corrected chi connectivity index (χ4v) is 2.12. The summed E-state index contributed by atoms with van der Waals surface area (Å²) in [4.78, 5) is 12.4. The minimum absolute atomic E-state index is 0.229. The first-order valence-corrected chi connectivity index (χ1v) is 6.26. The highest BCUT2D eigenvalue weighted by atomic mass is 79.9. The number of hydrogen-bond acceptors (Lipinski definition) is 3. The summed E-state index contributed by atoms with van der Waals surface area (Å²) in [5, 5.41) is 0. The third-order valence-electron chi connectivity index (χ3n) is 2.69.